The highest BCUT2D eigenvalue weighted by Gasteiger charge is 2.66. The van der Waals surface area contributed by atoms with Crippen molar-refractivity contribution in [2.45, 2.75) is 32.2 Å². The maximum atomic E-state index is 5.64. The molecule has 1 aliphatic heterocycles. The van der Waals surface area contributed by atoms with Gasteiger partial charge >= 0.3 is 0 Å². The highest BCUT2D eigenvalue weighted by atomic mass is 16.8. The second-order valence-corrected chi connectivity index (χ2v) is 4.30. The van der Waals surface area contributed by atoms with E-state index in [1.807, 2.05) is 13.8 Å². The van der Waals surface area contributed by atoms with E-state index in [-0.39, 0.29) is 5.60 Å². The number of methoxy groups -OCH3 is 1. The van der Waals surface area contributed by atoms with Crippen molar-refractivity contribution in [2.24, 2.45) is 0 Å². The van der Waals surface area contributed by atoms with E-state index < -0.39 is 5.79 Å². The van der Waals surface area contributed by atoms with Gasteiger partial charge in [-0.05, 0) is 20.8 Å². The molecule has 2 rings (SSSR count). The number of benzene rings is 1. The molecule has 0 spiro atoms. The molecule has 14 heavy (non-hydrogen) atoms. The van der Waals surface area contributed by atoms with Crippen LogP contribution < -0.4 is 0 Å². The first-order chi connectivity index (χ1) is 6.52. The molecule has 0 N–H and O–H groups in total. The molecule has 0 saturated carbocycles. The molecule has 1 saturated heterocycles. The summed E-state index contributed by atoms with van der Waals surface area (Å²) in [5.74, 6) is -0.527. The number of epoxide rings is 1. The molecule has 1 unspecified atom stereocenters. The van der Waals surface area contributed by atoms with Crippen LogP contribution >= 0.6 is 0 Å². The lowest BCUT2D eigenvalue weighted by molar-refractivity contribution is -0.0147. The summed E-state index contributed by atoms with van der Waals surface area (Å²) in [7, 11) is 1.69. The molecule has 1 aliphatic rings. The molecule has 2 heteroatoms. The number of hydrogen-bond donors (Lipinski definition) is 0. The van der Waals surface area contributed by atoms with Crippen LogP contribution in [0, 0.1) is 6.92 Å². The zero-order valence-corrected chi connectivity index (χ0v) is 9.13. The molecule has 0 radical (unpaired) electrons. The highest BCUT2D eigenvalue weighted by Crippen LogP contribution is 2.55. The topological polar surface area (TPSA) is 21.8 Å². The van der Waals surface area contributed by atoms with Crippen molar-refractivity contribution in [3.63, 3.8) is 0 Å². The lowest BCUT2D eigenvalue weighted by Gasteiger charge is -2.13. The van der Waals surface area contributed by atoms with E-state index in [9.17, 15) is 0 Å². The van der Waals surface area contributed by atoms with Gasteiger partial charge in [-0.25, -0.2) is 0 Å². The molecular formula is C12H16O2. The van der Waals surface area contributed by atoms with E-state index in [0.717, 1.165) is 5.56 Å². The van der Waals surface area contributed by atoms with Crippen LogP contribution in [0.2, 0.25) is 0 Å². The summed E-state index contributed by atoms with van der Waals surface area (Å²) >= 11 is 0. The van der Waals surface area contributed by atoms with Gasteiger partial charge < -0.3 is 9.47 Å². The molecular weight excluding hydrogens is 176 g/mol. The molecule has 0 bridgehead atoms. The molecule has 0 amide bonds. The summed E-state index contributed by atoms with van der Waals surface area (Å²) in [6.45, 7) is 6.15. The zero-order valence-electron chi connectivity index (χ0n) is 9.13. The largest absolute Gasteiger partial charge is 0.347 e. The van der Waals surface area contributed by atoms with Crippen molar-refractivity contribution in [2.75, 3.05) is 7.11 Å². The normalized spacial score (nSPS) is 28.9. The maximum absolute atomic E-state index is 5.64. The van der Waals surface area contributed by atoms with Crippen LogP contribution in [0.3, 0.4) is 0 Å². The third kappa shape index (κ3) is 1.18. The van der Waals surface area contributed by atoms with Crippen LogP contribution in [0.4, 0.5) is 0 Å². The second-order valence-electron chi connectivity index (χ2n) is 4.30. The van der Waals surface area contributed by atoms with E-state index in [4.69, 9.17) is 9.47 Å². The lowest BCUT2D eigenvalue weighted by Crippen LogP contribution is -2.20. The van der Waals surface area contributed by atoms with Crippen LogP contribution in [-0.4, -0.2) is 12.7 Å². The fraction of sp³-hybridized carbons (Fsp3) is 0.500. The van der Waals surface area contributed by atoms with Gasteiger partial charge in [0.05, 0.1) is 0 Å². The van der Waals surface area contributed by atoms with Gasteiger partial charge in [0.25, 0.3) is 0 Å². The minimum absolute atomic E-state index is 0.211. The predicted molar refractivity (Wildman–Crippen MR) is 55.0 cm³/mol. The van der Waals surface area contributed by atoms with Crippen LogP contribution in [0.1, 0.15) is 25.0 Å². The smallest absolute Gasteiger partial charge is 0.225 e. The Labute approximate surface area is 84.8 Å². The summed E-state index contributed by atoms with van der Waals surface area (Å²) < 4.78 is 11.1. The summed E-state index contributed by atoms with van der Waals surface area (Å²) in [5, 5.41) is 0. The number of ether oxygens (including phenoxy) is 2. The lowest BCUT2D eigenvalue weighted by atomic mass is 9.98. The van der Waals surface area contributed by atoms with E-state index in [2.05, 4.69) is 31.2 Å². The quantitative estimate of drug-likeness (QED) is 0.672. The Hall–Kier alpha value is -0.860. The van der Waals surface area contributed by atoms with Gasteiger partial charge in [-0.3, -0.25) is 0 Å². The highest BCUT2D eigenvalue weighted by molar-refractivity contribution is 5.31. The fourth-order valence-corrected chi connectivity index (χ4v) is 1.92. The third-order valence-electron chi connectivity index (χ3n) is 2.87. The van der Waals surface area contributed by atoms with Crippen molar-refractivity contribution in [1.82, 2.24) is 0 Å². The average Bonchev–Trinajstić information content (AvgIpc) is 2.71. The van der Waals surface area contributed by atoms with Crippen LogP contribution in [0.25, 0.3) is 0 Å². The monoisotopic (exact) mass is 192 g/mol. The summed E-state index contributed by atoms with van der Waals surface area (Å²) in [5.41, 5.74) is 2.13. The molecule has 1 atom stereocenters. The van der Waals surface area contributed by atoms with Crippen molar-refractivity contribution >= 4 is 0 Å². The predicted octanol–water partition coefficient (Wildman–Crippen LogP) is 2.60. The Balaban J connectivity index is 2.36. The van der Waals surface area contributed by atoms with Gasteiger partial charge in [-0.1, -0.05) is 29.8 Å². The van der Waals surface area contributed by atoms with Crippen molar-refractivity contribution in [3.8, 4) is 0 Å². The van der Waals surface area contributed by atoms with Crippen LogP contribution in [-0.2, 0) is 15.3 Å². The van der Waals surface area contributed by atoms with E-state index in [1.165, 1.54) is 5.56 Å². The van der Waals surface area contributed by atoms with Gasteiger partial charge in [0.1, 0.15) is 5.60 Å². The molecule has 76 valence electrons. The number of hydrogen-bond acceptors (Lipinski definition) is 2. The number of rotatable bonds is 2. The minimum atomic E-state index is -0.527. The van der Waals surface area contributed by atoms with Gasteiger partial charge in [-0.15, -0.1) is 0 Å². The molecule has 2 nitrogen and oxygen atoms in total. The van der Waals surface area contributed by atoms with Gasteiger partial charge in [-0.2, -0.15) is 0 Å². The first kappa shape index (κ1) is 9.69. The Morgan fingerprint density at radius 1 is 1.14 bits per heavy atom. The standard InChI is InChI=1S/C12H16O2/c1-9-5-7-10(8-6-9)12(13-4)11(2,3)14-12/h5-8H,1-4H3. The number of aryl methyl sites for hydroxylation is 1. The fourth-order valence-electron chi connectivity index (χ4n) is 1.92. The molecule has 1 heterocycles. The van der Waals surface area contributed by atoms with Gasteiger partial charge in [0.2, 0.25) is 5.79 Å². The zero-order chi connectivity index (χ0) is 10.4. The Bertz CT molecular complexity index is 340. The Morgan fingerprint density at radius 2 is 1.64 bits per heavy atom. The SMILES string of the molecule is COC1(c2ccc(C)cc2)OC1(C)C. The Morgan fingerprint density at radius 3 is 2.00 bits per heavy atom. The molecule has 1 aromatic carbocycles. The molecule has 1 fully saturated rings. The van der Waals surface area contributed by atoms with Crippen molar-refractivity contribution < 1.29 is 9.47 Å². The van der Waals surface area contributed by atoms with Crippen LogP contribution in [0.5, 0.6) is 0 Å². The van der Waals surface area contributed by atoms with Gasteiger partial charge in [0.15, 0.2) is 0 Å². The van der Waals surface area contributed by atoms with Crippen molar-refractivity contribution in [3.05, 3.63) is 35.4 Å². The first-order valence-corrected chi connectivity index (χ1v) is 4.84. The molecule has 0 aromatic heterocycles. The second kappa shape index (κ2) is 2.81. The minimum Gasteiger partial charge on any atom is -0.347 e. The summed E-state index contributed by atoms with van der Waals surface area (Å²) in [6.07, 6.45) is 0. The Kier molecular flexibility index (Phi) is 1.95. The van der Waals surface area contributed by atoms with Crippen LogP contribution in [0.15, 0.2) is 24.3 Å². The molecule has 1 aromatic rings. The maximum Gasteiger partial charge on any atom is 0.225 e. The molecule has 0 aliphatic carbocycles. The van der Waals surface area contributed by atoms with E-state index in [0.29, 0.717) is 0 Å². The van der Waals surface area contributed by atoms with Gasteiger partial charge in [0, 0.05) is 12.7 Å². The van der Waals surface area contributed by atoms with E-state index in [1.54, 1.807) is 7.11 Å². The third-order valence-corrected chi connectivity index (χ3v) is 2.87. The van der Waals surface area contributed by atoms with Crippen molar-refractivity contribution in [1.29, 1.82) is 0 Å². The van der Waals surface area contributed by atoms with E-state index >= 15 is 0 Å². The first-order valence-electron chi connectivity index (χ1n) is 4.84. The summed E-state index contributed by atoms with van der Waals surface area (Å²) in [6, 6.07) is 8.28. The summed E-state index contributed by atoms with van der Waals surface area (Å²) in [4.78, 5) is 0. The average molecular weight is 192 g/mol.